The van der Waals surface area contributed by atoms with Gasteiger partial charge in [0.15, 0.2) is 0 Å². The Kier molecular flexibility index (Phi) is 4.84. The van der Waals surface area contributed by atoms with Crippen LogP contribution in [-0.2, 0) is 0 Å². The van der Waals surface area contributed by atoms with Crippen molar-refractivity contribution in [3.05, 3.63) is 67.9 Å². The van der Waals surface area contributed by atoms with Crippen molar-refractivity contribution in [2.75, 3.05) is 7.05 Å². The SMILES string of the molecule is CNC(c1cc(C)c(C)cc1Cl)c1cccc(Br)c1F. The van der Waals surface area contributed by atoms with Gasteiger partial charge >= 0.3 is 0 Å². The molecule has 1 N–H and O–H groups in total. The van der Waals surface area contributed by atoms with Gasteiger partial charge in [0, 0.05) is 10.6 Å². The van der Waals surface area contributed by atoms with Crippen LogP contribution in [0.2, 0.25) is 5.02 Å². The van der Waals surface area contributed by atoms with Gasteiger partial charge in [-0.25, -0.2) is 4.39 Å². The maximum atomic E-state index is 14.3. The number of aryl methyl sites for hydroxylation is 2. The van der Waals surface area contributed by atoms with E-state index in [2.05, 4.69) is 21.2 Å². The highest BCUT2D eigenvalue weighted by molar-refractivity contribution is 9.10. The van der Waals surface area contributed by atoms with Crippen LogP contribution in [0, 0.1) is 19.7 Å². The molecule has 0 saturated carbocycles. The largest absolute Gasteiger partial charge is 0.309 e. The molecule has 4 heteroatoms. The van der Waals surface area contributed by atoms with Crippen molar-refractivity contribution < 1.29 is 4.39 Å². The number of halogens is 3. The van der Waals surface area contributed by atoms with Crippen molar-refractivity contribution in [2.45, 2.75) is 19.9 Å². The second-order valence-corrected chi connectivity index (χ2v) is 6.08. The molecule has 1 unspecified atom stereocenters. The molecule has 0 spiro atoms. The number of hydrogen-bond donors (Lipinski definition) is 1. The van der Waals surface area contributed by atoms with E-state index in [9.17, 15) is 4.39 Å². The first-order chi connectivity index (χ1) is 9.45. The van der Waals surface area contributed by atoms with Crippen molar-refractivity contribution in [1.29, 1.82) is 0 Å². The Balaban J connectivity index is 2.58. The van der Waals surface area contributed by atoms with Gasteiger partial charge in [0.2, 0.25) is 0 Å². The van der Waals surface area contributed by atoms with Crippen LogP contribution in [0.5, 0.6) is 0 Å². The highest BCUT2D eigenvalue weighted by Gasteiger charge is 2.20. The lowest BCUT2D eigenvalue weighted by molar-refractivity contribution is 0.571. The molecule has 0 radical (unpaired) electrons. The molecule has 1 atom stereocenters. The number of nitrogens with one attached hydrogen (secondary N) is 1. The first kappa shape index (κ1) is 15.5. The molecule has 0 aliphatic heterocycles. The summed E-state index contributed by atoms with van der Waals surface area (Å²) in [6.45, 7) is 4.04. The Morgan fingerprint density at radius 1 is 1.15 bits per heavy atom. The summed E-state index contributed by atoms with van der Waals surface area (Å²) in [7, 11) is 1.80. The van der Waals surface area contributed by atoms with E-state index in [0.717, 1.165) is 16.7 Å². The van der Waals surface area contributed by atoms with E-state index in [4.69, 9.17) is 11.6 Å². The number of rotatable bonds is 3. The molecule has 2 rings (SSSR count). The number of hydrogen-bond acceptors (Lipinski definition) is 1. The molecule has 0 aliphatic rings. The van der Waals surface area contributed by atoms with Crippen molar-refractivity contribution in [1.82, 2.24) is 5.32 Å². The minimum atomic E-state index is -0.278. The van der Waals surface area contributed by atoms with Gasteiger partial charge < -0.3 is 5.32 Å². The predicted molar refractivity (Wildman–Crippen MR) is 85.9 cm³/mol. The van der Waals surface area contributed by atoms with E-state index in [1.54, 1.807) is 19.2 Å². The van der Waals surface area contributed by atoms with Gasteiger partial charge in [-0.1, -0.05) is 29.8 Å². The van der Waals surface area contributed by atoms with Gasteiger partial charge in [-0.15, -0.1) is 0 Å². The molecule has 0 heterocycles. The first-order valence-electron chi connectivity index (χ1n) is 6.33. The molecule has 2 aromatic rings. The van der Waals surface area contributed by atoms with E-state index >= 15 is 0 Å². The minimum absolute atomic E-state index is 0.263. The van der Waals surface area contributed by atoms with E-state index in [1.165, 1.54) is 0 Å². The molecule has 0 fully saturated rings. The predicted octanol–water partition coefficient (Wildman–Crippen LogP) is 5.17. The Morgan fingerprint density at radius 2 is 1.80 bits per heavy atom. The molecular formula is C16H16BrClFN. The van der Waals surface area contributed by atoms with Crippen LogP contribution in [0.4, 0.5) is 4.39 Å². The molecule has 20 heavy (non-hydrogen) atoms. The molecule has 0 aliphatic carbocycles. The monoisotopic (exact) mass is 355 g/mol. The Bertz CT molecular complexity index is 643. The summed E-state index contributed by atoms with van der Waals surface area (Å²) in [4.78, 5) is 0. The molecular weight excluding hydrogens is 341 g/mol. The van der Waals surface area contributed by atoms with Gasteiger partial charge in [-0.05, 0) is 65.6 Å². The summed E-state index contributed by atoms with van der Waals surface area (Å²) >= 11 is 9.57. The zero-order valence-corrected chi connectivity index (χ0v) is 13.9. The normalized spacial score (nSPS) is 12.5. The van der Waals surface area contributed by atoms with Gasteiger partial charge in [0.1, 0.15) is 5.82 Å². The molecule has 106 valence electrons. The van der Waals surface area contributed by atoms with E-state index in [0.29, 0.717) is 15.1 Å². The Labute approximate surface area is 132 Å². The molecule has 0 bridgehead atoms. The van der Waals surface area contributed by atoms with Gasteiger partial charge in [-0.2, -0.15) is 0 Å². The summed E-state index contributed by atoms with van der Waals surface area (Å²) in [5, 5.41) is 3.79. The van der Waals surface area contributed by atoms with E-state index in [1.807, 2.05) is 32.0 Å². The van der Waals surface area contributed by atoms with Crippen molar-refractivity contribution in [3.63, 3.8) is 0 Å². The Hall–Kier alpha value is -0.900. The van der Waals surface area contributed by atoms with Crippen LogP contribution in [0.15, 0.2) is 34.8 Å². The molecule has 1 nitrogen and oxygen atoms in total. The fourth-order valence-corrected chi connectivity index (χ4v) is 2.96. The van der Waals surface area contributed by atoms with Gasteiger partial charge in [-0.3, -0.25) is 0 Å². The van der Waals surface area contributed by atoms with Crippen LogP contribution in [0.3, 0.4) is 0 Å². The first-order valence-corrected chi connectivity index (χ1v) is 7.50. The Morgan fingerprint density at radius 3 is 2.45 bits per heavy atom. The standard InChI is InChI=1S/C16H16BrClFN/c1-9-7-12(14(18)8-10(9)2)16(20-3)11-5-4-6-13(17)15(11)19/h4-8,16,20H,1-3H3. The third-order valence-corrected chi connectivity index (χ3v) is 4.44. The molecule has 0 amide bonds. The summed E-state index contributed by atoms with van der Waals surface area (Å²) in [5.74, 6) is -0.263. The summed E-state index contributed by atoms with van der Waals surface area (Å²) in [6.07, 6.45) is 0. The highest BCUT2D eigenvalue weighted by atomic mass is 79.9. The smallest absolute Gasteiger partial charge is 0.142 e. The van der Waals surface area contributed by atoms with E-state index < -0.39 is 0 Å². The third kappa shape index (κ3) is 2.90. The van der Waals surface area contributed by atoms with Gasteiger partial charge in [0.25, 0.3) is 0 Å². The van der Waals surface area contributed by atoms with Crippen LogP contribution >= 0.6 is 27.5 Å². The van der Waals surface area contributed by atoms with Crippen molar-refractivity contribution in [3.8, 4) is 0 Å². The van der Waals surface area contributed by atoms with Crippen molar-refractivity contribution in [2.24, 2.45) is 0 Å². The van der Waals surface area contributed by atoms with Crippen molar-refractivity contribution >= 4 is 27.5 Å². The summed E-state index contributed by atoms with van der Waals surface area (Å²) in [5.41, 5.74) is 3.73. The third-order valence-electron chi connectivity index (χ3n) is 3.51. The fraction of sp³-hybridized carbons (Fsp3) is 0.250. The lowest BCUT2D eigenvalue weighted by atomic mass is 9.95. The van der Waals surface area contributed by atoms with Crippen LogP contribution < -0.4 is 5.32 Å². The fourth-order valence-electron chi connectivity index (χ4n) is 2.25. The quantitative estimate of drug-likeness (QED) is 0.800. The maximum Gasteiger partial charge on any atom is 0.142 e. The average Bonchev–Trinajstić information content (AvgIpc) is 2.41. The maximum absolute atomic E-state index is 14.3. The van der Waals surface area contributed by atoms with Gasteiger partial charge in [0.05, 0.1) is 10.5 Å². The molecule has 0 saturated heterocycles. The lowest BCUT2D eigenvalue weighted by Gasteiger charge is -2.21. The highest BCUT2D eigenvalue weighted by Crippen LogP contribution is 2.33. The minimum Gasteiger partial charge on any atom is -0.309 e. The second-order valence-electron chi connectivity index (χ2n) is 4.82. The number of benzene rings is 2. The van der Waals surface area contributed by atoms with Crippen LogP contribution in [0.25, 0.3) is 0 Å². The zero-order valence-electron chi connectivity index (χ0n) is 11.6. The molecule has 2 aromatic carbocycles. The topological polar surface area (TPSA) is 12.0 Å². The van der Waals surface area contributed by atoms with Crippen LogP contribution in [-0.4, -0.2) is 7.05 Å². The lowest BCUT2D eigenvalue weighted by Crippen LogP contribution is -2.19. The summed E-state index contributed by atoms with van der Waals surface area (Å²) < 4.78 is 14.8. The van der Waals surface area contributed by atoms with E-state index in [-0.39, 0.29) is 11.9 Å². The van der Waals surface area contributed by atoms with Crippen LogP contribution in [0.1, 0.15) is 28.3 Å². The average molecular weight is 357 g/mol. The second kappa shape index (κ2) is 6.25. The zero-order chi connectivity index (χ0) is 14.9. The molecule has 0 aromatic heterocycles. The summed E-state index contributed by atoms with van der Waals surface area (Å²) in [6, 6.07) is 8.94.